The third-order valence-corrected chi connectivity index (χ3v) is 2.80. The molecule has 0 saturated carbocycles. The zero-order valence-corrected chi connectivity index (χ0v) is 8.95. The standard InChI is InChI=1S/C11H9BrO2/c12-10-5-9(14)4-7-2-1-3-8(6-13)11(7)10/h1-5,13-14H,6H2. The van der Waals surface area contributed by atoms with Crippen LogP contribution < -0.4 is 0 Å². The summed E-state index contributed by atoms with van der Waals surface area (Å²) in [6.45, 7) is 0.000710. The van der Waals surface area contributed by atoms with E-state index in [1.807, 2.05) is 18.2 Å². The lowest BCUT2D eigenvalue weighted by Crippen LogP contribution is -1.86. The normalized spacial score (nSPS) is 10.7. The van der Waals surface area contributed by atoms with E-state index in [4.69, 9.17) is 5.11 Å². The van der Waals surface area contributed by atoms with E-state index in [-0.39, 0.29) is 12.4 Å². The Morgan fingerprint density at radius 1 is 1.21 bits per heavy atom. The number of rotatable bonds is 1. The molecule has 0 unspecified atom stereocenters. The van der Waals surface area contributed by atoms with E-state index >= 15 is 0 Å². The van der Waals surface area contributed by atoms with Crippen LogP contribution in [0.5, 0.6) is 5.75 Å². The molecule has 0 aliphatic rings. The van der Waals surface area contributed by atoms with Crippen LogP contribution in [-0.4, -0.2) is 10.2 Å². The van der Waals surface area contributed by atoms with Gasteiger partial charge in [0.25, 0.3) is 0 Å². The quantitative estimate of drug-likeness (QED) is 0.820. The Bertz CT molecular complexity index is 480. The van der Waals surface area contributed by atoms with Crippen molar-refractivity contribution in [2.45, 2.75) is 6.61 Å². The van der Waals surface area contributed by atoms with Gasteiger partial charge in [-0.3, -0.25) is 0 Å². The predicted octanol–water partition coefficient (Wildman–Crippen LogP) is 2.80. The van der Waals surface area contributed by atoms with Crippen molar-refractivity contribution < 1.29 is 10.2 Å². The van der Waals surface area contributed by atoms with Crippen molar-refractivity contribution in [1.29, 1.82) is 0 Å². The van der Waals surface area contributed by atoms with Gasteiger partial charge in [0.15, 0.2) is 0 Å². The number of aliphatic hydroxyl groups is 1. The Labute approximate surface area is 89.9 Å². The van der Waals surface area contributed by atoms with E-state index in [1.54, 1.807) is 12.1 Å². The molecule has 0 saturated heterocycles. The lowest BCUT2D eigenvalue weighted by atomic mass is 10.0. The van der Waals surface area contributed by atoms with Gasteiger partial charge in [-0.25, -0.2) is 0 Å². The molecule has 0 heterocycles. The predicted molar refractivity (Wildman–Crippen MR) is 59.2 cm³/mol. The molecule has 2 nitrogen and oxygen atoms in total. The molecule has 0 spiro atoms. The summed E-state index contributed by atoms with van der Waals surface area (Å²) in [6.07, 6.45) is 0. The minimum atomic E-state index is 0.000710. The zero-order valence-electron chi connectivity index (χ0n) is 7.37. The maximum atomic E-state index is 9.38. The summed E-state index contributed by atoms with van der Waals surface area (Å²) in [7, 11) is 0. The maximum absolute atomic E-state index is 9.38. The van der Waals surface area contributed by atoms with Crippen molar-refractivity contribution in [2.75, 3.05) is 0 Å². The molecule has 3 heteroatoms. The summed E-state index contributed by atoms with van der Waals surface area (Å²) in [5, 5.41) is 20.4. The van der Waals surface area contributed by atoms with Crippen LogP contribution in [0.25, 0.3) is 10.8 Å². The highest BCUT2D eigenvalue weighted by molar-refractivity contribution is 9.10. The Morgan fingerprint density at radius 3 is 2.71 bits per heavy atom. The van der Waals surface area contributed by atoms with Crippen LogP contribution in [-0.2, 0) is 6.61 Å². The zero-order chi connectivity index (χ0) is 10.1. The molecule has 0 atom stereocenters. The molecule has 2 aromatic carbocycles. The lowest BCUT2D eigenvalue weighted by Gasteiger charge is -2.06. The first kappa shape index (κ1) is 9.49. The Kier molecular flexibility index (Phi) is 2.44. The van der Waals surface area contributed by atoms with Crippen LogP contribution >= 0.6 is 15.9 Å². The maximum Gasteiger partial charge on any atom is 0.117 e. The Hall–Kier alpha value is -1.06. The molecule has 2 rings (SSSR count). The second-order valence-electron chi connectivity index (χ2n) is 3.10. The van der Waals surface area contributed by atoms with E-state index in [0.29, 0.717) is 0 Å². The van der Waals surface area contributed by atoms with Crippen molar-refractivity contribution in [2.24, 2.45) is 0 Å². The Morgan fingerprint density at radius 2 is 2.00 bits per heavy atom. The second kappa shape index (κ2) is 3.59. The average Bonchev–Trinajstić information content (AvgIpc) is 2.16. The molecule has 0 fully saturated rings. The van der Waals surface area contributed by atoms with Gasteiger partial charge < -0.3 is 10.2 Å². The van der Waals surface area contributed by atoms with E-state index < -0.39 is 0 Å². The van der Waals surface area contributed by atoms with Crippen LogP contribution in [0.3, 0.4) is 0 Å². The minimum Gasteiger partial charge on any atom is -0.508 e. The van der Waals surface area contributed by atoms with Crippen LogP contribution in [0.1, 0.15) is 5.56 Å². The number of phenolic OH excluding ortho intramolecular Hbond substituents is 1. The monoisotopic (exact) mass is 252 g/mol. The number of benzene rings is 2. The van der Waals surface area contributed by atoms with Gasteiger partial charge in [0.1, 0.15) is 5.75 Å². The number of halogens is 1. The van der Waals surface area contributed by atoms with E-state index in [1.165, 1.54) is 0 Å². The van der Waals surface area contributed by atoms with Crippen molar-refractivity contribution in [3.63, 3.8) is 0 Å². The highest BCUT2D eigenvalue weighted by atomic mass is 79.9. The number of fused-ring (bicyclic) bond motifs is 1. The van der Waals surface area contributed by atoms with Crippen LogP contribution in [0.2, 0.25) is 0 Å². The molecule has 2 N–H and O–H groups in total. The van der Waals surface area contributed by atoms with Crippen molar-refractivity contribution in [1.82, 2.24) is 0 Å². The fraction of sp³-hybridized carbons (Fsp3) is 0.0909. The number of hydrogen-bond acceptors (Lipinski definition) is 2. The van der Waals surface area contributed by atoms with Crippen molar-refractivity contribution in [3.05, 3.63) is 40.4 Å². The summed E-state index contributed by atoms with van der Waals surface area (Å²) < 4.78 is 0.803. The molecular weight excluding hydrogens is 244 g/mol. The minimum absolute atomic E-state index is 0.000710. The molecule has 0 aliphatic heterocycles. The topological polar surface area (TPSA) is 40.5 Å². The Balaban J connectivity index is 2.87. The molecule has 0 radical (unpaired) electrons. The van der Waals surface area contributed by atoms with Crippen LogP contribution in [0, 0.1) is 0 Å². The third-order valence-electron chi connectivity index (χ3n) is 2.17. The first-order valence-electron chi connectivity index (χ1n) is 4.23. The molecular formula is C11H9BrO2. The molecule has 0 bridgehead atoms. The van der Waals surface area contributed by atoms with E-state index in [9.17, 15) is 5.11 Å². The summed E-state index contributed by atoms with van der Waals surface area (Å²) in [5.74, 6) is 0.222. The summed E-state index contributed by atoms with van der Waals surface area (Å²) in [5.41, 5.74) is 0.856. The molecule has 14 heavy (non-hydrogen) atoms. The van der Waals surface area contributed by atoms with Crippen LogP contribution in [0.15, 0.2) is 34.8 Å². The molecule has 0 aromatic heterocycles. The number of aliphatic hydroxyl groups excluding tert-OH is 1. The summed E-state index contributed by atoms with van der Waals surface area (Å²) in [4.78, 5) is 0. The number of phenols is 1. The lowest BCUT2D eigenvalue weighted by molar-refractivity contribution is 0.283. The van der Waals surface area contributed by atoms with Crippen LogP contribution in [0.4, 0.5) is 0 Å². The first-order valence-corrected chi connectivity index (χ1v) is 5.02. The van der Waals surface area contributed by atoms with Gasteiger partial charge in [-0.15, -0.1) is 0 Å². The molecule has 0 aliphatic carbocycles. The molecule has 72 valence electrons. The van der Waals surface area contributed by atoms with Gasteiger partial charge in [0, 0.05) is 9.86 Å². The number of hydrogen-bond donors (Lipinski definition) is 2. The van der Waals surface area contributed by atoms with E-state index in [0.717, 1.165) is 20.8 Å². The fourth-order valence-corrected chi connectivity index (χ4v) is 2.28. The van der Waals surface area contributed by atoms with Gasteiger partial charge in [-0.1, -0.05) is 34.1 Å². The second-order valence-corrected chi connectivity index (χ2v) is 3.96. The van der Waals surface area contributed by atoms with Crippen molar-refractivity contribution in [3.8, 4) is 5.75 Å². The van der Waals surface area contributed by atoms with Gasteiger partial charge >= 0.3 is 0 Å². The SMILES string of the molecule is OCc1cccc2cc(O)cc(Br)c12. The van der Waals surface area contributed by atoms with E-state index in [2.05, 4.69) is 15.9 Å². The van der Waals surface area contributed by atoms with Gasteiger partial charge in [0.05, 0.1) is 6.61 Å². The summed E-state index contributed by atoms with van der Waals surface area (Å²) in [6, 6.07) is 8.93. The first-order chi connectivity index (χ1) is 6.72. The van der Waals surface area contributed by atoms with Gasteiger partial charge in [-0.05, 0) is 23.1 Å². The largest absolute Gasteiger partial charge is 0.508 e. The highest BCUT2D eigenvalue weighted by Gasteiger charge is 2.05. The molecule has 2 aromatic rings. The number of aromatic hydroxyl groups is 1. The third kappa shape index (κ3) is 1.49. The summed E-state index contributed by atoms with van der Waals surface area (Å²) >= 11 is 3.37. The van der Waals surface area contributed by atoms with Crippen molar-refractivity contribution >= 4 is 26.7 Å². The highest BCUT2D eigenvalue weighted by Crippen LogP contribution is 2.31. The average molecular weight is 253 g/mol. The van der Waals surface area contributed by atoms with Gasteiger partial charge in [0.2, 0.25) is 0 Å². The fourth-order valence-electron chi connectivity index (χ4n) is 1.57. The smallest absolute Gasteiger partial charge is 0.117 e. The van der Waals surface area contributed by atoms with Gasteiger partial charge in [-0.2, -0.15) is 0 Å². The molecule has 0 amide bonds.